The molecule has 4 saturated carbocycles. The predicted molar refractivity (Wildman–Crippen MR) is 97.6 cm³/mol. The Hall–Kier alpha value is -1.86. The van der Waals surface area contributed by atoms with E-state index in [9.17, 15) is 0 Å². The van der Waals surface area contributed by atoms with Crippen LogP contribution < -0.4 is 14.8 Å². The Bertz CT molecular complexity index is 872. The van der Waals surface area contributed by atoms with Crippen molar-refractivity contribution in [1.82, 2.24) is 25.5 Å². The van der Waals surface area contributed by atoms with Gasteiger partial charge >= 0.3 is 0 Å². The summed E-state index contributed by atoms with van der Waals surface area (Å²) in [7, 11) is 0. The third-order valence-corrected chi connectivity index (χ3v) is 7.35. The normalized spacial score (nSPS) is 35.7. The first kappa shape index (κ1) is 16.1. The van der Waals surface area contributed by atoms with E-state index in [0.717, 1.165) is 46.9 Å². The quantitative estimate of drug-likeness (QED) is 0.869. The zero-order valence-corrected chi connectivity index (χ0v) is 15.8. The second kappa shape index (κ2) is 5.58. The molecule has 1 aromatic carbocycles. The minimum Gasteiger partial charge on any atom is -0.454 e. The molecule has 4 aliphatic carbocycles. The van der Waals surface area contributed by atoms with E-state index in [1.54, 1.807) is 6.33 Å². The molecule has 4 bridgehead atoms. The molecular weight excluding hydrogens is 366 g/mol. The molecule has 8 heteroatoms. The standard InChI is InChI=1S/C19H22ClN5O2/c20-15-3-17-16(26-11-27-17)2-14(15)8-21-18-4-12-1-13(5-18)7-19(6-12,9-18)25-23-10-22-24-25/h2-3,10,12-13,21H,1,4-9,11H2. The summed E-state index contributed by atoms with van der Waals surface area (Å²) >= 11 is 6.49. The molecule has 142 valence electrons. The molecule has 7 rings (SSSR count). The molecule has 0 saturated heterocycles. The monoisotopic (exact) mass is 387 g/mol. The van der Waals surface area contributed by atoms with Crippen LogP contribution in [0.3, 0.4) is 0 Å². The number of fused-ring (bicyclic) bond motifs is 1. The number of aromatic nitrogens is 4. The van der Waals surface area contributed by atoms with Gasteiger partial charge in [-0.3, -0.25) is 0 Å². The van der Waals surface area contributed by atoms with Crippen LogP contribution in [0.4, 0.5) is 0 Å². The highest BCUT2D eigenvalue weighted by Crippen LogP contribution is 2.60. The summed E-state index contributed by atoms with van der Waals surface area (Å²) in [4.78, 5) is 1.90. The molecule has 0 amide bonds. The van der Waals surface area contributed by atoms with Crippen LogP contribution in [0.5, 0.6) is 11.5 Å². The lowest BCUT2D eigenvalue weighted by Gasteiger charge is -2.61. The summed E-state index contributed by atoms with van der Waals surface area (Å²) in [6, 6.07) is 3.87. The number of ether oxygens (including phenoxy) is 2. The smallest absolute Gasteiger partial charge is 0.231 e. The number of halogens is 1. The molecule has 27 heavy (non-hydrogen) atoms. The third-order valence-electron chi connectivity index (χ3n) is 7.00. The highest BCUT2D eigenvalue weighted by atomic mass is 35.5. The second-order valence-corrected chi connectivity index (χ2v) is 9.25. The van der Waals surface area contributed by atoms with Crippen molar-refractivity contribution in [2.45, 2.75) is 56.1 Å². The maximum absolute atomic E-state index is 6.49. The van der Waals surface area contributed by atoms with E-state index in [0.29, 0.717) is 0 Å². The van der Waals surface area contributed by atoms with Crippen LogP contribution in [-0.2, 0) is 12.1 Å². The van der Waals surface area contributed by atoms with Crippen molar-refractivity contribution >= 4 is 11.6 Å². The van der Waals surface area contributed by atoms with Crippen molar-refractivity contribution in [3.63, 3.8) is 0 Å². The molecule has 1 N–H and O–H groups in total. The zero-order valence-electron chi connectivity index (χ0n) is 15.0. The lowest BCUT2D eigenvalue weighted by atomic mass is 9.50. The molecule has 1 aromatic heterocycles. The fourth-order valence-corrected chi connectivity index (χ4v) is 6.64. The maximum Gasteiger partial charge on any atom is 0.231 e. The van der Waals surface area contributed by atoms with Crippen LogP contribution in [0.1, 0.15) is 44.1 Å². The number of nitrogens with zero attached hydrogens (tertiary/aromatic N) is 4. The Morgan fingerprint density at radius 1 is 1.15 bits per heavy atom. The van der Waals surface area contributed by atoms with Gasteiger partial charge in [-0.1, -0.05) is 11.6 Å². The van der Waals surface area contributed by atoms with Crippen LogP contribution in [0.25, 0.3) is 0 Å². The molecular formula is C19H22ClN5O2. The van der Waals surface area contributed by atoms with Crippen molar-refractivity contribution in [2.24, 2.45) is 11.8 Å². The molecule has 7 nitrogen and oxygen atoms in total. The summed E-state index contributed by atoms with van der Waals surface area (Å²) in [5.41, 5.74) is 1.20. The molecule has 1 aliphatic heterocycles. The van der Waals surface area contributed by atoms with Gasteiger partial charge in [0.1, 0.15) is 0 Å². The average molecular weight is 388 g/mol. The molecule has 4 fully saturated rings. The number of tetrazole rings is 1. The van der Waals surface area contributed by atoms with E-state index >= 15 is 0 Å². The minimum atomic E-state index is 0.0201. The van der Waals surface area contributed by atoms with Gasteiger partial charge in [0.25, 0.3) is 0 Å². The van der Waals surface area contributed by atoms with Crippen LogP contribution in [0.2, 0.25) is 5.02 Å². The van der Waals surface area contributed by atoms with Crippen molar-refractivity contribution in [1.29, 1.82) is 0 Å². The first-order valence-corrected chi connectivity index (χ1v) is 10.1. The van der Waals surface area contributed by atoms with E-state index in [1.165, 1.54) is 32.1 Å². The predicted octanol–water partition coefficient (Wildman–Crippen LogP) is 2.89. The Labute approximate surface area is 162 Å². The van der Waals surface area contributed by atoms with Gasteiger partial charge in [-0.2, -0.15) is 4.80 Å². The first-order valence-electron chi connectivity index (χ1n) is 9.70. The average Bonchev–Trinajstić information content (AvgIpc) is 3.30. The van der Waals surface area contributed by atoms with E-state index < -0.39 is 0 Å². The van der Waals surface area contributed by atoms with Crippen molar-refractivity contribution in [3.8, 4) is 11.5 Å². The Kier molecular flexibility index (Phi) is 3.33. The molecule has 0 radical (unpaired) electrons. The topological polar surface area (TPSA) is 74.1 Å². The van der Waals surface area contributed by atoms with Crippen molar-refractivity contribution in [3.05, 3.63) is 29.0 Å². The summed E-state index contributed by atoms with van der Waals surface area (Å²) in [5, 5.41) is 17.3. The van der Waals surface area contributed by atoms with Crippen molar-refractivity contribution < 1.29 is 9.47 Å². The number of hydrogen-bond donors (Lipinski definition) is 1. The number of hydrogen-bond acceptors (Lipinski definition) is 6. The Morgan fingerprint density at radius 3 is 2.67 bits per heavy atom. The summed E-state index contributed by atoms with van der Waals surface area (Å²) < 4.78 is 10.9. The van der Waals surface area contributed by atoms with Crippen molar-refractivity contribution in [2.75, 3.05) is 6.79 Å². The lowest BCUT2D eigenvalue weighted by molar-refractivity contribution is -0.0853. The van der Waals surface area contributed by atoms with Gasteiger partial charge in [-0.05, 0) is 67.2 Å². The van der Waals surface area contributed by atoms with E-state index in [4.69, 9.17) is 21.1 Å². The number of benzene rings is 1. The SMILES string of the molecule is Clc1cc2c(cc1CNC13CC4CC(C1)CC(n1ncnn1)(C4)C3)OCO2. The van der Waals surface area contributed by atoms with Crippen LogP contribution >= 0.6 is 11.6 Å². The lowest BCUT2D eigenvalue weighted by Crippen LogP contribution is -2.65. The first-order chi connectivity index (χ1) is 13.1. The van der Waals surface area contributed by atoms with Gasteiger partial charge in [0.2, 0.25) is 6.79 Å². The minimum absolute atomic E-state index is 0.0201. The molecule has 2 aromatic rings. The fourth-order valence-electron chi connectivity index (χ4n) is 6.42. The van der Waals surface area contributed by atoms with Gasteiger partial charge in [0.15, 0.2) is 17.8 Å². The molecule has 2 atom stereocenters. The van der Waals surface area contributed by atoms with E-state index in [1.807, 2.05) is 16.9 Å². The van der Waals surface area contributed by atoms with Crippen LogP contribution in [-0.4, -0.2) is 32.5 Å². The Morgan fingerprint density at radius 2 is 1.93 bits per heavy atom. The summed E-state index contributed by atoms with van der Waals surface area (Å²) in [5.74, 6) is 2.98. The van der Waals surface area contributed by atoms with Gasteiger partial charge in [0, 0.05) is 23.2 Å². The van der Waals surface area contributed by atoms with E-state index in [2.05, 4.69) is 20.7 Å². The molecule has 2 unspecified atom stereocenters. The van der Waals surface area contributed by atoms with Gasteiger partial charge < -0.3 is 14.8 Å². The molecule has 2 heterocycles. The third kappa shape index (κ3) is 2.48. The van der Waals surface area contributed by atoms with Gasteiger partial charge in [0.05, 0.1) is 5.54 Å². The Balaban J connectivity index is 1.28. The maximum atomic E-state index is 6.49. The van der Waals surface area contributed by atoms with E-state index in [-0.39, 0.29) is 17.9 Å². The molecule has 0 spiro atoms. The van der Waals surface area contributed by atoms with Crippen LogP contribution in [0.15, 0.2) is 18.5 Å². The number of rotatable bonds is 4. The number of nitrogens with one attached hydrogen (secondary N) is 1. The highest BCUT2D eigenvalue weighted by molar-refractivity contribution is 6.31. The fraction of sp³-hybridized carbons (Fsp3) is 0.632. The van der Waals surface area contributed by atoms with Gasteiger partial charge in [-0.25, -0.2) is 0 Å². The van der Waals surface area contributed by atoms with Gasteiger partial charge in [-0.15, -0.1) is 10.2 Å². The second-order valence-electron chi connectivity index (χ2n) is 8.84. The zero-order chi connectivity index (χ0) is 18.1. The molecule has 5 aliphatic rings. The summed E-state index contributed by atoms with van der Waals surface area (Å²) in [6.07, 6.45) is 8.76. The van der Waals surface area contributed by atoms with Crippen LogP contribution in [0, 0.1) is 11.8 Å². The summed E-state index contributed by atoms with van der Waals surface area (Å²) in [6.45, 7) is 0.999. The largest absolute Gasteiger partial charge is 0.454 e. The highest BCUT2D eigenvalue weighted by Gasteiger charge is 2.59.